The number of carbonyl (C=O) groups is 1. The molecule has 0 spiro atoms. The number of imidazole rings is 1. The Morgan fingerprint density at radius 3 is 2.71 bits per heavy atom. The van der Waals surface area contributed by atoms with Crippen LogP contribution in [0.15, 0.2) is 36.8 Å². The smallest absolute Gasteiger partial charge is 0.152 e. The van der Waals surface area contributed by atoms with E-state index in [1.165, 1.54) is 0 Å². The average molecular weight is 305 g/mol. The molecule has 1 aromatic heterocycles. The summed E-state index contributed by atoms with van der Waals surface area (Å²) < 4.78 is 1.97. The molecule has 0 saturated heterocycles. The monoisotopic (exact) mass is 304 g/mol. The molecule has 0 fully saturated rings. The number of rotatable bonds is 8. The van der Waals surface area contributed by atoms with Crippen LogP contribution in [0.1, 0.15) is 37.4 Å². The Kier molecular flexibility index (Phi) is 6.00. The third kappa shape index (κ3) is 5.01. The van der Waals surface area contributed by atoms with Crippen molar-refractivity contribution in [1.82, 2.24) is 9.55 Å². The number of unbranched alkanes of at least 4 members (excludes halogenated alkanes) is 1. The molecule has 1 heterocycles. The third-order valence-electron chi connectivity index (χ3n) is 3.54. The molecule has 0 amide bonds. The molecule has 0 aliphatic carbocycles. The predicted octanol–water partition coefficient (Wildman–Crippen LogP) is 4.08. The minimum absolute atomic E-state index is 0.237. The largest absolute Gasteiger partial charge is 0.327 e. The minimum atomic E-state index is 0.237. The van der Waals surface area contributed by atoms with E-state index in [0.29, 0.717) is 13.0 Å². The molecule has 0 atom stereocenters. The van der Waals surface area contributed by atoms with Gasteiger partial charge in [0.1, 0.15) is 0 Å². The van der Waals surface area contributed by atoms with Crippen LogP contribution in [0.2, 0.25) is 5.02 Å². The van der Waals surface area contributed by atoms with Crippen LogP contribution in [0.4, 0.5) is 0 Å². The molecular weight excluding hydrogens is 284 g/mol. The Morgan fingerprint density at radius 2 is 2.00 bits per heavy atom. The molecule has 112 valence electrons. The van der Waals surface area contributed by atoms with Gasteiger partial charge in [0.15, 0.2) is 5.78 Å². The lowest BCUT2D eigenvalue weighted by molar-refractivity contribution is -0.119. The minimum Gasteiger partial charge on any atom is -0.327 e. The maximum Gasteiger partial charge on any atom is 0.152 e. The first kappa shape index (κ1) is 15.8. The van der Waals surface area contributed by atoms with Gasteiger partial charge in [0, 0.05) is 23.3 Å². The molecule has 2 aromatic rings. The number of hydrogen-bond acceptors (Lipinski definition) is 2. The third-order valence-corrected chi connectivity index (χ3v) is 3.79. The number of nitrogens with zero attached hydrogens (tertiary/aromatic N) is 2. The standard InChI is InChI=1S/C17H21ClN2O/c1-2-3-4-16-11-19-13-20(16)12-17(21)10-7-14-5-8-15(18)9-6-14/h5-6,8-9,11,13H,2-4,7,10,12H2,1H3. The maximum atomic E-state index is 12.1. The maximum absolute atomic E-state index is 12.1. The van der Waals surface area contributed by atoms with Crippen molar-refractivity contribution in [1.29, 1.82) is 0 Å². The summed E-state index contributed by atoms with van der Waals surface area (Å²) in [5.74, 6) is 0.237. The lowest BCUT2D eigenvalue weighted by atomic mass is 10.1. The number of aryl methyl sites for hydroxylation is 2. The van der Waals surface area contributed by atoms with Crippen molar-refractivity contribution in [3.05, 3.63) is 53.1 Å². The fraction of sp³-hybridized carbons (Fsp3) is 0.412. The van der Waals surface area contributed by atoms with Crippen LogP contribution in [0.3, 0.4) is 0 Å². The quantitative estimate of drug-likeness (QED) is 0.736. The van der Waals surface area contributed by atoms with Crippen molar-refractivity contribution in [2.45, 2.75) is 45.6 Å². The molecule has 0 saturated carbocycles. The normalized spacial score (nSPS) is 10.8. The summed E-state index contributed by atoms with van der Waals surface area (Å²) in [5.41, 5.74) is 2.29. The van der Waals surface area contributed by atoms with Gasteiger partial charge >= 0.3 is 0 Å². The summed E-state index contributed by atoms with van der Waals surface area (Å²) in [7, 11) is 0. The van der Waals surface area contributed by atoms with Gasteiger partial charge < -0.3 is 4.57 Å². The van der Waals surface area contributed by atoms with Crippen molar-refractivity contribution in [2.75, 3.05) is 0 Å². The number of Topliss-reactive ketones (excluding diaryl/α,β-unsaturated/α-hetero) is 1. The molecule has 0 bridgehead atoms. The molecule has 0 aliphatic rings. The van der Waals surface area contributed by atoms with E-state index in [2.05, 4.69) is 11.9 Å². The van der Waals surface area contributed by atoms with Crippen LogP contribution in [0, 0.1) is 0 Å². The highest BCUT2D eigenvalue weighted by Crippen LogP contribution is 2.12. The van der Waals surface area contributed by atoms with Gasteiger partial charge in [-0.05, 0) is 37.0 Å². The zero-order valence-electron chi connectivity index (χ0n) is 12.4. The second-order valence-electron chi connectivity index (χ2n) is 5.28. The molecule has 0 unspecified atom stereocenters. The van der Waals surface area contributed by atoms with Crippen molar-refractivity contribution in [3.8, 4) is 0 Å². The lowest BCUT2D eigenvalue weighted by Crippen LogP contribution is -2.12. The molecule has 2 rings (SSSR count). The zero-order valence-corrected chi connectivity index (χ0v) is 13.1. The topological polar surface area (TPSA) is 34.9 Å². The molecule has 3 nitrogen and oxygen atoms in total. The molecule has 21 heavy (non-hydrogen) atoms. The van der Waals surface area contributed by atoms with E-state index in [1.807, 2.05) is 35.0 Å². The van der Waals surface area contributed by atoms with Gasteiger partial charge in [0.05, 0.1) is 12.9 Å². The summed E-state index contributed by atoms with van der Waals surface area (Å²) in [4.78, 5) is 16.3. The summed E-state index contributed by atoms with van der Waals surface area (Å²) in [6.45, 7) is 2.59. The fourth-order valence-corrected chi connectivity index (χ4v) is 2.39. The lowest BCUT2D eigenvalue weighted by Gasteiger charge is -2.07. The van der Waals surface area contributed by atoms with Crippen molar-refractivity contribution >= 4 is 17.4 Å². The summed E-state index contributed by atoms with van der Waals surface area (Å²) >= 11 is 5.85. The van der Waals surface area contributed by atoms with Gasteiger partial charge in [-0.15, -0.1) is 0 Å². The van der Waals surface area contributed by atoms with Gasteiger partial charge in [0.2, 0.25) is 0 Å². The Labute approximate surface area is 131 Å². The van der Waals surface area contributed by atoms with Gasteiger partial charge in [-0.3, -0.25) is 4.79 Å². The molecular formula is C17H21ClN2O. The van der Waals surface area contributed by atoms with E-state index in [9.17, 15) is 4.79 Å². The van der Waals surface area contributed by atoms with Crippen LogP contribution in [-0.2, 0) is 24.2 Å². The number of halogens is 1. The van der Waals surface area contributed by atoms with Crippen LogP contribution in [0.5, 0.6) is 0 Å². The zero-order chi connectivity index (χ0) is 15.1. The number of aromatic nitrogens is 2. The fourth-order valence-electron chi connectivity index (χ4n) is 2.26. The summed E-state index contributed by atoms with van der Waals surface area (Å²) in [5, 5.41) is 0.726. The van der Waals surface area contributed by atoms with Gasteiger partial charge in [-0.2, -0.15) is 0 Å². The Bertz CT molecular complexity index is 575. The van der Waals surface area contributed by atoms with E-state index in [0.717, 1.165) is 42.0 Å². The van der Waals surface area contributed by atoms with Crippen LogP contribution < -0.4 is 0 Å². The van der Waals surface area contributed by atoms with Crippen LogP contribution >= 0.6 is 11.6 Å². The molecule has 0 aliphatic heterocycles. The highest BCUT2D eigenvalue weighted by molar-refractivity contribution is 6.30. The Morgan fingerprint density at radius 1 is 1.24 bits per heavy atom. The van der Waals surface area contributed by atoms with Crippen LogP contribution in [0.25, 0.3) is 0 Å². The first-order valence-corrected chi connectivity index (χ1v) is 7.82. The molecule has 0 N–H and O–H groups in total. The van der Waals surface area contributed by atoms with E-state index >= 15 is 0 Å². The summed E-state index contributed by atoms with van der Waals surface area (Å²) in [6.07, 6.45) is 8.19. The highest BCUT2D eigenvalue weighted by Gasteiger charge is 2.07. The van der Waals surface area contributed by atoms with E-state index in [4.69, 9.17) is 11.6 Å². The van der Waals surface area contributed by atoms with Gasteiger partial charge in [0.25, 0.3) is 0 Å². The Balaban J connectivity index is 1.84. The summed E-state index contributed by atoms with van der Waals surface area (Å²) in [6, 6.07) is 7.67. The van der Waals surface area contributed by atoms with E-state index in [1.54, 1.807) is 6.33 Å². The highest BCUT2D eigenvalue weighted by atomic mass is 35.5. The predicted molar refractivity (Wildman–Crippen MR) is 85.6 cm³/mol. The Hall–Kier alpha value is -1.61. The van der Waals surface area contributed by atoms with Crippen molar-refractivity contribution < 1.29 is 4.79 Å². The number of hydrogen-bond donors (Lipinski definition) is 0. The van der Waals surface area contributed by atoms with Gasteiger partial charge in [-0.1, -0.05) is 37.1 Å². The molecule has 1 aromatic carbocycles. The first-order valence-electron chi connectivity index (χ1n) is 7.44. The van der Waals surface area contributed by atoms with Crippen molar-refractivity contribution in [3.63, 3.8) is 0 Å². The van der Waals surface area contributed by atoms with E-state index < -0.39 is 0 Å². The van der Waals surface area contributed by atoms with Crippen molar-refractivity contribution in [2.24, 2.45) is 0 Å². The first-order chi connectivity index (χ1) is 10.2. The second kappa shape index (κ2) is 7.99. The molecule has 0 radical (unpaired) electrons. The average Bonchev–Trinajstić information content (AvgIpc) is 2.91. The van der Waals surface area contributed by atoms with Crippen LogP contribution in [-0.4, -0.2) is 15.3 Å². The number of benzene rings is 1. The van der Waals surface area contributed by atoms with E-state index in [-0.39, 0.29) is 5.78 Å². The number of carbonyl (C=O) groups excluding carboxylic acids is 1. The second-order valence-corrected chi connectivity index (χ2v) is 5.72. The number of ketones is 1. The SMILES string of the molecule is CCCCc1cncn1CC(=O)CCc1ccc(Cl)cc1. The van der Waals surface area contributed by atoms with Gasteiger partial charge in [-0.25, -0.2) is 4.98 Å². The molecule has 4 heteroatoms.